The Bertz CT molecular complexity index is 421. The van der Waals surface area contributed by atoms with Gasteiger partial charge in [0, 0.05) is 19.1 Å². The minimum absolute atomic E-state index is 0.0629. The first-order chi connectivity index (χ1) is 12.5. The van der Waals surface area contributed by atoms with Crippen molar-refractivity contribution in [2.75, 3.05) is 13.2 Å². The lowest BCUT2D eigenvalue weighted by Gasteiger charge is -2.42. The van der Waals surface area contributed by atoms with Crippen LogP contribution in [-0.2, 0) is 14.2 Å². The Morgan fingerprint density at radius 3 is 2.77 bits per heavy atom. The Labute approximate surface area is 157 Å². The van der Waals surface area contributed by atoms with E-state index in [1.165, 1.54) is 0 Å². The number of hydrogen-bond acceptors (Lipinski definition) is 6. The van der Waals surface area contributed by atoms with E-state index in [2.05, 4.69) is 20.4 Å². The summed E-state index contributed by atoms with van der Waals surface area (Å²) in [5, 5.41) is 20.0. The number of rotatable bonds is 9. The molecule has 0 spiro atoms. The van der Waals surface area contributed by atoms with Crippen LogP contribution in [0, 0.1) is 11.8 Å². The van der Waals surface area contributed by atoms with Gasteiger partial charge in [-0.05, 0) is 37.5 Å². The standard InChI is InChI=1S/C20H37NO5/c1-4-6-13(3)12-24-15-9-14(5-2)20(17(23)10-15)26-19-8-7-16(21)18(11-22)25-19/h4,13-20,22-23H,1,5-12,21H2,2-3H3. The summed E-state index contributed by atoms with van der Waals surface area (Å²) in [7, 11) is 0. The van der Waals surface area contributed by atoms with Crippen molar-refractivity contribution in [1.29, 1.82) is 0 Å². The van der Waals surface area contributed by atoms with Crippen molar-refractivity contribution in [1.82, 2.24) is 0 Å². The Morgan fingerprint density at radius 2 is 2.12 bits per heavy atom. The topological polar surface area (TPSA) is 94.2 Å². The second kappa shape index (κ2) is 10.7. The Kier molecular flexibility index (Phi) is 9.00. The zero-order chi connectivity index (χ0) is 19.1. The van der Waals surface area contributed by atoms with E-state index < -0.39 is 18.5 Å². The van der Waals surface area contributed by atoms with Crippen LogP contribution in [0.2, 0.25) is 0 Å². The fourth-order valence-corrected chi connectivity index (χ4v) is 4.01. The maximum atomic E-state index is 10.7. The Balaban J connectivity index is 1.87. The Hall–Kier alpha value is -0.500. The summed E-state index contributed by atoms with van der Waals surface area (Å²) in [6.07, 6.45) is 5.11. The van der Waals surface area contributed by atoms with Crippen LogP contribution in [0.4, 0.5) is 0 Å². The van der Waals surface area contributed by atoms with Crippen LogP contribution in [-0.4, -0.2) is 60.2 Å². The summed E-state index contributed by atoms with van der Waals surface area (Å²) >= 11 is 0. The zero-order valence-electron chi connectivity index (χ0n) is 16.3. The fraction of sp³-hybridized carbons (Fsp3) is 0.900. The zero-order valence-corrected chi connectivity index (χ0v) is 16.3. The minimum atomic E-state index is -0.569. The maximum absolute atomic E-state index is 10.7. The van der Waals surface area contributed by atoms with Crippen molar-refractivity contribution in [3.8, 4) is 0 Å². The van der Waals surface area contributed by atoms with Crippen LogP contribution >= 0.6 is 0 Å². The van der Waals surface area contributed by atoms with Gasteiger partial charge in [-0.25, -0.2) is 0 Å². The number of aliphatic hydroxyl groups is 2. The van der Waals surface area contributed by atoms with Gasteiger partial charge in [0.15, 0.2) is 6.29 Å². The molecule has 1 heterocycles. The number of allylic oxidation sites excluding steroid dienone is 1. The third-order valence-corrected chi connectivity index (χ3v) is 5.65. The number of aliphatic hydroxyl groups excluding tert-OH is 2. The molecule has 26 heavy (non-hydrogen) atoms. The van der Waals surface area contributed by atoms with Crippen LogP contribution in [0.3, 0.4) is 0 Å². The van der Waals surface area contributed by atoms with E-state index in [-0.39, 0.29) is 30.8 Å². The molecule has 0 amide bonds. The largest absolute Gasteiger partial charge is 0.394 e. The lowest BCUT2D eigenvalue weighted by Crippen LogP contribution is -2.51. The molecule has 6 nitrogen and oxygen atoms in total. The van der Waals surface area contributed by atoms with Crippen molar-refractivity contribution < 1.29 is 24.4 Å². The fourth-order valence-electron chi connectivity index (χ4n) is 4.01. The first kappa shape index (κ1) is 21.8. The highest BCUT2D eigenvalue weighted by Crippen LogP contribution is 2.34. The third kappa shape index (κ3) is 6.01. The van der Waals surface area contributed by atoms with Crippen LogP contribution in [0.25, 0.3) is 0 Å². The highest BCUT2D eigenvalue weighted by atomic mass is 16.7. The van der Waals surface area contributed by atoms with Gasteiger partial charge in [0.05, 0.1) is 31.0 Å². The molecule has 0 aromatic heterocycles. The molecule has 8 atom stereocenters. The highest BCUT2D eigenvalue weighted by molar-refractivity contribution is 4.89. The van der Waals surface area contributed by atoms with Crippen LogP contribution in [0.5, 0.6) is 0 Å². The van der Waals surface area contributed by atoms with E-state index >= 15 is 0 Å². The minimum Gasteiger partial charge on any atom is -0.394 e. The molecule has 8 unspecified atom stereocenters. The van der Waals surface area contributed by atoms with E-state index in [9.17, 15) is 10.2 Å². The molecule has 2 rings (SSSR count). The van der Waals surface area contributed by atoms with Gasteiger partial charge in [0.2, 0.25) is 0 Å². The van der Waals surface area contributed by atoms with Gasteiger partial charge in [0.1, 0.15) is 0 Å². The highest BCUT2D eigenvalue weighted by Gasteiger charge is 2.40. The van der Waals surface area contributed by atoms with Crippen molar-refractivity contribution in [3.05, 3.63) is 12.7 Å². The van der Waals surface area contributed by atoms with Crippen molar-refractivity contribution in [2.24, 2.45) is 17.6 Å². The quantitative estimate of drug-likeness (QED) is 0.537. The molecule has 0 aromatic rings. The molecule has 0 aromatic carbocycles. The second-order valence-electron chi connectivity index (χ2n) is 7.92. The van der Waals surface area contributed by atoms with Gasteiger partial charge in [0.25, 0.3) is 0 Å². The summed E-state index contributed by atoms with van der Waals surface area (Å²) in [6.45, 7) is 8.61. The van der Waals surface area contributed by atoms with E-state index in [1.807, 2.05) is 6.08 Å². The predicted octanol–water partition coefficient (Wildman–Crippen LogP) is 1.97. The summed E-state index contributed by atoms with van der Waals surface area (Å²) in [5.74, 6) is 0.666. The second-order valence-corrected chi connectivity index (χ2v) is 7.92. The van der Waals surface area contributed by atoms with E-state index in [0.29, 0.717) is 25.4 Å². The average Bonchev–Trinajstić information content (AvgIpc) is 2.63. The first-order valence-electron chi connectivity index (χ1n) is 10.1. The number of ether oxygens (including phenoxy) is 3. The molecule has 0 radical (unpaired) electrons. The lowest BCUT2D eigenvalue weighted by molar-refractivity contribution is -0.257. The summed E-state index contributed by atoms with van der Waals surface area (Å²) in [6, 6.07) is -0.159. The molecule has 4 N–H and O–H groups in total. The van der Waals surface area contributed by atoms with Crippen molar-refractivity contribution in [2.45, 2.75) is 89.1 Å². The molecule has 1 aliphatic carbocycles. The van der Waals surface area contributed by atoms with Gasteiger partial charge in [-0.2, -0.15) is 0 Å². The SMILES string of the molecule is C=CCC(C)COC1CC(O)C(OC2CCC(N)C(CO)O2)C(CC)C1. The van der Waals surface area contributed by atoms with Gasteiger partial charge in [-0.15, -0.1) is 6.58 Å². The van der Waals surface area contributed by atoms with Gasteiger partial charge in [-0.3, -0.25) is 0 Å². The normalized spacial score (nSPS) is 39.5. The average molecular weight is 372 g/mol. The summed E-state index contributed by atoms with van der Waals surface area (Å²) < 4.78 is 18.0. The molecule has 2 fully saturated rings. The van der Waals surface area contributed by atoms with Crippen LogP contribution in [0.1, 0.15) is 52.4 Å². The number of nitrogens with two attached hydrogens (primary N) is 1. The smallest absolute Gasteiger partial charge is 0.158 e. The van der Waals surface area contributed by atoms with Crippen LogP contribution in [0.15, 0.2) is 12.7 Å². The molecule has 152 valence electrons. The van der Waals surface area contributed by atoms with Gasteiger partial charge < -0.3 is 30.2 Å². The van der Waals surface area contributed by atoms with E-state index in [4.69, 9.17) is 19.9 Å². The lowest BCUT2D eigenvalue weighted by atomic mass is 9.81. The first-order valence-corrected chi connectivity index (χ1v) is 10.1. The summed E-state index contributed by atoms with van der Waals surface area (Å²) in [4.78, 5) is 0. The van der Waals surface area contributed by atoms with Gasteiger partial charge in [-0.1, -0.05) is 26.3 Å². The molecule has 2 aliphatic rings. The van der Waals surface area contributed by atoms with E-state index in [1.54, 1.807) is 0 Å². The summed E-state index contributed by atoms with van der Waals surface area (Å²) in [5.41, 5.74) is 5.95. The molecule has 6 heteroatoms. The molecule has 1 aliphatic heterocycles. The monoisotopic (exact) mass is 371 g/mol. The molecule has 1 saturated carbocycles. The molecule has 1 saturated heterocycles. The molecular weight excluding hydrogens is 334 g/mol. The molecular formula is C20H37NO5. The van der Waals surface area contributed by atoms with Crippen molar-refractivity contribution in [3.63, 3.8) is 0 Å². The van der Waals surface area contributed by atoms with Crippen LogP contribution < -0.4 is 5.73 Å². The predicted molar refractivity (Wildman–Crippen MR) is 101 cm³/mol. The van der Waals surface area contributed by atoms with Gasteiger partial charge >= 0.3 is 0 Å². The maximum Gasteiger partial charge on any atom is 0.158 e. The Morgan fingerprint density at radius 1 is 1.35 bits per heavy atom. The third-order valence-electron chi connectivity index (χ3n) is 5.65. The van der Waals surface area contributed by atoms with Crippen molar-refractivity contribution >= 4 is 0 Å². The molecule has 0 bridgehead atoms. The van der Waals surface area contributed by atoms with E-state index in [0.717, 1.165) is 25.7 Å². The number of hydrogen-bond donors (Lipinski definition) is 3.